The summed E-state index contributed by atoms with van der Waals surface area (Å²) in [6.45, 7) is 0. The first-order chi connectivity index (χ1) is 21.7. The van der Waals surface area contributed by atoms with Crippen molar-refractivity contribution in [3.8, 4) is 33.9 Å². The molecule has 232 valence electrons. The van der Waals surface area contributed by atoms with Crippen molar-refractivity contribution in [2.75, 3.05) is 26.2 Å². The lowest BCUT2D eigenvalue weighted by molar-refractivity contribution is 0.0556. The summed E-state index contributed by atoms with van der Waals surface area (Å²) in [6, 6.07) is 9.20. The summed E-state index contributed by atoms with van der Waals surface area (Å²) in [7, 11) is -0.606. The van der Waals surface area contributed by atoms with E-state index in [0.717, 1.165) is 35.9 Å². The number of H-pyrrole nitrogens is 1. The van der Waals surface area contributed by atoms with Crippen LogP contribution in [0.4, 0.5) is 5.82 Å². The molecular weight excluding hydrogens is 598 g/mol. The van der Waals surface area contributed by atoms with E-state index in [9.17, 15) is 13.2 Å². The Morgan fingerprint density at radius 3 is 2.38 bits per heavy atom. The van der Waals surface area contributed by atoms with E-state index in [1.54, 1.807) is 26.6 Å². The average Bonchev–Trinajstić information content (AvgIpc) is 3.78. The van der Waals surface area contributed by atoms with E-state index in [-0.39, 0.29) is 40.4 Å². The molecule has 0 aliphatic carbocycles. The van der Waals surface area contributed by atoms with E-state index in [2.05, 4.69) is 25.3 Å². The van der Waals surface area contributed by atoms with E-state index in [4.69, 9.17) is 20.2 Å². The highest BCUT2D eigenvalue weighted by Gasteiger charge is 2.46. The molecule has 0 spiro atoms. The first kappa shape index (κ1) is 28.7. The molecule has 6 heterocycles. The number of aromatic nitrogens is 7. The van der Waals surface area contributed by atoms with Crippen LogP contribution in [0.3, 0.4) is 0 Å². The van der Waals surface area contributed by atoms with Crippen LogP contribution in [-0.4, -0.2) is 86.5 Å². The number of nitrogens with two attached hydrogens (primary N) is 1. The van der Waals surface area contributed by atoms with Crippen molar-refractivity contribution in [1.29, 1.82) is 0 Å². The second-order valence-electron chi connectivity index (χ2n) is 11.4. The molecule has 0 radical (unpaired) electrons. The minimum Gasteiger partial charge on any atom is -0.493 e. The first-order valence-electron chi connectivity index (χ1n) is 14.4. The molecule has 2 saturated heterocycles. The van der Waals surface area contributed by atoms with Crippen LogP contribution < -0.4 is 15.2 Å². The van der Waals surface area contributed by atoms with Crippen LogP contribution in [0.1, 0.15) is 47.9 Å². The largest absolute Gasteiger partial charge is 0.493 e. The van der Waals surface area contributed by atoms with E-state index in [1.165, 1.54) is 10.8 Å². The molecule has 0 saturated carbocycles. The number of aromatic amines is 1. The molecule has 7 rings (SSSR count). The predicted octanol–water partition coefficient (Wildman–Crippen LogP) is 3.13. The Hall–Kier alpha value is -5.05. The number of amides is 1. The van der Waals surface area contributed by atoms with Crippen molar-refractivity contribution in [3.05, 3.63) is 60.6 Å². The van der Waals surface area contributed by atoms with Crippen LogP contribution in [-0.2, 0) is 9.84 Å². The molecule has 14 nitrogen and oxygen atoms in total. The van der Waals surface area contributed by atoms with Gasteiger partial charge in [0.25, 0.3) is 5.91 Å². The number of hydrogen-bond donors (Lipinski definition) is 2. The number of nitrogens with one attached hydrogen (secondary N) is 1. The Morgan fingerprint density at radius 1 is 1.02 bits per heavy atom. The molecule has 2 aliphatic rings. The maximum absolute atomic E-state index is 13.2. The predicted molar refractivity (Wildman–Crippen MR) is 164 cm³/mol. The number of sulfone groups is 1. The number of nitrogens with zero attached hydrogens (tertiary/aromatic N) is 7. The molecular formula is C30H31N9O5S. The molecule has 4 aromatic heterocycles. The zero-order chi connectivity index (χ0) is 31.5. The van der Waals surface area contributed by atoms with E-state index >= 15 is 0 Å². The number of ether oxygens (including phenoxy) is 2. The van der Waals surface area contributed by atoms with Crippen LogP contribution in [0.25, 0.3) is 28.0 Å². The zero-order valence-electron chi connectivity index (χ0n) is 24.8. The number of rotatable bonds is 7. The standard InChI is InChI=1S/C30H31N9O5S/c1-43-23-9-5-16(12-24(23)44-2)22-8-4-17(13-32-22)21-14-35-39-27(31)26(45(3,41)42)25(36-29(21)39)18-10-19-6-7-20(11-18)38(19)30(40)28-33-15-34-37-28/h4-5,8-9,12-15,18-20H,6-7,10-11,31H2,1-3H3,(H,33,34,37)/t18-,19-,20+. The van der Waals surface area contributed by atoms with Crippen LogP contribution in [0.15, 0.2) is 53.9 Å². The summed E-state index contributed by atoms with van der Waals surface area (Å²) in [5.74, 6) is 0.987. The highest BCUT2D eigenvalue weighted by molar-refractivity contribution is 7.91. The number of fused-ring (bicyclic) bond motifs is 3. The highest BCUT2D eigenvalue weighted by Crippen LogP contribution is 2.45. The van der Waals surface area contributed by atoms with Gasteiger partial charge in [-0.3, -0.25) is 9.78 Å². The van der Waals surface area contributed by atoms with Crippen LogP contribution >= 0.6 is 0 Å². The third kappa shape index (κ3) is 4.83. The van der Waals surface area contributed by atoms with E-state index < -0.39 is 9.84 Å². The van der Waals surface area contributed by atoms with Crippen molar-refractivity contribution in [2.45, 2.75) is 48.6 Å². The molecule has 1 amide bonds. The minimum atomic E-state index is -3.77. The van der Waals surface area contributed by atoms with Gasteiger partial charge >= 0.3 is 0 Å². The fourth-order valence-corrected chi connectivity index (χ4v) is 7.82. The lowest BCUT2D eigenvalue weighted by Gasteiger charge is -2.38. The number of methoxy groups -OCH3 is 2. The molecule has 1 aromatic carbocycles. The molecule has 2 fully saturated rings. The van der Waals surface area contributed by atoms with Gasteiger partial charge in [0.1, 0.15) is 17.0 Å². The molecule has 3 atom stereocenters. The number of pyridine rings is 1. The summed E-state index contributed by atoms with van der Waals surface area (Å²) in [5.41, 5.74) is 10.4. The minimum absolute atomic E-state index is 0.00571. The number of nitrogen functional groups attached to an aromatic ring is 1. The monoisotopic (exact) mass is 629 g/mol. The molecule has 15 heteroatoms. The fraction of sp³-hybridized carbons (Fsp3) is 0.333. The molecule has 2 bridgehead atoms. The SMILES string of the molecule is COc1ccc(-c2ccc(-c3cnn4c(N)c(S(C)(=O)=O)c([C@@H]5C[C@H]6CC[C@@H](C5)N6C(=O)c5nnc[nH]5)nc34)cn2)cc1OC. The van der Waals surface area contributed by atoms with E-state index in [1.807, 2.05) is 35.2 Å². The van der Waals surface area contributed by atoms with Crippen molar-refractivity contribution in [3.63, 3.8) is 0 Å². The lowest BCUT2D eigenvalue weighted by Crippen LogP contribution is -2.46. The summed E-state index contributed by atoms with van der Waals surface area (Å²) in [6.07, 6.45) is 8.56. The molecule has 2 aliphatic heterocycles. The number of carbonyl (C=O) groups excluding carboxylic acids is 1. The van der Waals surface area contributed by atoms with Gasteiger partial charge in [0.2, 0.25) is 5.82 Å². The van der Waals surface area contributed by atoms with Gasteiger partial charge in [0.15, 0.2) is 27.0 Å². The van der Waals surface area contributed by atoms with Gasteiger partial charge in [0.05, 0.1) is 31.8 Å². The normalized spacial score (nSPS) is 19.6. The van der Waals surface area contributed by atoms with Crippen LogP contribution in [0.2, 0.25) is 0 Å². The summed E-state index contributed by atoms with van der Waals surface area (Å²) in [4.78, 5) is 27.4. The van der Waals surface area contributed by atoms with Crippen molar-refractivity contribution in [2.24, 2.45) is 0 Å². The van der Waals surface area contributed by atoms with Crippen molar-refractivity contribution in [1.82, 2.24) is 39.7 Å². The fourth-order valence-electron chi connectivity index (χ4n) is 6.76. The Morgan fingerprint density at radius 2 is 1.76 bits per heavy atom. The number of hydrogen-bond acceptors (Lipinski definition) is 11. The maximum Gasteiger partial charge on any atom is 0.292 e. The smallest absolute Gasteiger partial charge is 0.292 e. The maximum atomic E-state index is 13.2. The molecule has 45 heavy (non-hydrogen) atoms. The quantitative estimate of drug-likeness (QED) is 0.270. The second kappa shape index (κ2) is 10.8. The summed E-state index contributed by atoms with van der Waals surface area (Å²) >= 11 is 0. The van der Waals surface area contributed by atoms with Crippen LogP contribution in [0.5, 0.6) is 11.5 Å². The zero-order valence-corrected chi connectivity index (χ0v) is 25.7. The topological polar surface area (TPSA) is 184 Å². The van der Waals surface area contributed by atoms with Gasteiger partial charge in [-0.15, -0.1) is 10.2 Å². The molecule has 5 aromatic rings. The van der Waals surface area contributed by atoms with Crippen LogP contribution in [0, 0.1) is 0 Å². The Kier molecular flexibility index (Phi) is 6.91. The Balaban J connectivity index is 1.26. The molecule has 0 unspecified atom stereocenters. The average molecular weight is 630 g/mol. The first-order valence-corrected chi connectivity index (χ1v) is 16.3. The van der Waals surface area contributed by atoms with Gasteiger partial charge in [0, 0.05) is 47.1 Å². The third-order valence-electron chi connectivity index (χ3n) is 8.76. The summed E-state index contributed by atoms with van der Waals surface area (Å²) < 4.78 is 38.4. The number of carbonyl (C=O) groups is 1. The van der Waals surface area contributed by atoms with E-state index in [0.29, 0.717) is 41.2 Å². The van der Waals surface area contributed by atoms with Gasteiger partial charge in [-0.05, 0) is 49.9 Å². The number of piperidine rings is 1. The Bertz CT molecular complexity index is 2010. The van der Waals surface area contributed by atoms with Gasteiger partial charge in [-0.25, -0.2) is 13.4 Å². The highest BCUT2D eigenvalue weighted by atomic mass is 32.2. The molecule has 3 N–H and O–H groups in total. The Labute approximate surface area is 258 Å². The second-order valence-corrected chi connectivity index (χ2v) is 13.3. The number of anilines is 1. The third-order valence-corrected chi connectivity index (χ3v) is 9.92. The number of benzene rings is 1. The lowest BCUT2D eigenvalue weighted by atomic mass is 9.87. The van der Waals surface area contributed by atoms with Gasteiger partial charge < -0.3 is 25.1 Å². The van der Waals surface area contributed by atoms with Crippen molar-refractivity contribution < 1.29 is 22.7 Å². The summed E-state index contributed by atoms with van der Waals surface area (Å²) in [5, 5.41) is 12.1. The van der Waals surface area contributed by atoms with Crippen molar-refractivity contribution >= 4 is 27.2 Å². The van der Waals surface area contributed by atoms with Gasteiger partial charge in [-0.1, -0.05) is 6.07 Å². The van der Waals surface area contributed by atoms with Gasteiger partial charge in [-0.2, -0.15) is 9.61 Å².